The minimum absolute atomic E-state index is 0.0688. The number of rotatable bonds is 2. The minimum atomic E-state index is -4.58. The van der Waals surface area contributed by atoms with Crippen LogP contribution < -0.4 is 0 Å². The number of Topliss-reactive ketones (excluding diaryl/α,β-unsaturated/α-hetero) is 1. The quantitative estimate of drug-likeness (QED) is 0.519. The number of halogens is 4. The van der Waals surface area contributed by atoms with Gasteiger partial charge in [0.05, 0.1) is 16.8 Å². The number of carbonyl (C=O) groups excluding carboxylic acids is 1. The first-order chi connectivity index (χ1) is 10.8. The third-order valence-corrected chi connectivity index (χ3v) is 3.42. The molecule has 3 rings (SSSR count). The van der Waals surface area contributed by atoms with Crippen molar-refractivity contribution in [3.63, 3.8) is 0 Å². The van der Waals surface area contributed by atoms with Crippen LogP contribution in [0.3, 0.4) is 0 Å². The Balaban J connectivity index is 2.23. The standard InChI is InChI=1S/C16H10F4N2O/c1-9(23)13-6-11(16(18,19)20)8-22-15(13)7-14(21-22)10-2-4-12(17)5-3-10/h2-8H,1H3. The van der Waals surface area contributed by atoms with Crippen LogP contribution in [0, 0.1) is 5.82 Å². The monoisotopic (exact) mass is 322 g/mol. The van der Waals surface area contributed by atoms with Crippen molar-refractivity contribution < 1.29 is 22.4 Å². The number of ketones is 1. The average Bonchev–Trinajstić information content (AvgIpc) is 2.89. The van der Waals surface area contributed by atoms with E-state index in [1.165, 1.54) is 37.3 Å². The maximum Gasteiger partial charge on any atom is 0.417 e. The number of aromatic nitrogens is 2. The van der Waals surface area contributed by atoms with Crippen molar-refractivity contribution >= 4 is 11.3 Å². The molecule has 7 heteroatoms. The number of benzene rings is 1. The van der Waals surface area contributed by atoms with E-state index in [-0.39, 0.29) is 11.1 Å². The lowest BCUT2D eigenvalue weighted by Gasteiger charge is -2.09. The minimum Gasteiger partial charge on any atom is -0.294 e. The summed E-state index contributed by atoms with van der Waals surface area (Å²) in [5.41, 5.74) is 0.138. The predicted octanol–water partition coefficient (Wildman–Crippen LogP) is 4.36. The molecule has 3 aromatic rings. The molecule has 0 aliphatic heterocycles. The Bertz CT molecular complexity index is 895. The van der Waals surface area contributed by atoms with E-state index >= 15 is 0 Å². The molecule has 2 heterocycles. The van der Waals surface area contributed by atoms with Crippen LogP contribution in [0.4, 0.5) is 17.6 Å². The molecule has 0 unspecified atom stereocenters. The molecular weight excluding hydrogens is 312 g/mol. The lowest BCUT2D eigenvalue weighted by Crippen LogP contribution is -2.09. The van der Waals surface area contributed by atoms with Crippen LogP contribution in [0.5, 0.6) is 0 Å². The first-order valence-electron chi connectivity index (χ1n) is 6.63. The summed E-state index contributed by atoms with van der Waals surface area (Å²) in [5, 5.41) is 4.07. The van der Waals surface area contributed by atoms with Gasteiger partial charge in [0.15, 0.2) is 5.78 Å². The Hall–Kier alpha value is -2.70. The van der Waals surface area contributed by atoms with Crippen molar-refractivity contribution in [2.75, 3.05) is 0 Å². The van der Waals surface area contributed by atoms with Crippen LogP contribution in [0.2, 0.25) is 0 Å². The molecule has 0 radical (unpaired) electrons. The van der Waals surface area contributed by atoms with E-state index in [2.05, 4.69) is 5.10 Å². The topological polar surface area (TPSA) is 34.4 Å². The molecule has 0 bridgehead atoms. The average molecular weight is 322 g/mol. The lowest BCUT2D eigenvalue weighted by atomic mass is 10.1. The SMILES string of the molecule is CC(=O)c1cc(C(F)(F)F)cn2nc(-c3ccc(F)cc3)cc12. The molecule has 23 heavy (non-hydrogen) atoms. The van der Waals surface area contributed by atoms with Gasteiger partial charge in [-0.25, -0.2) is 8.91 Å². The maximum absolute atomic E-state index is 13.0. The van der Waals surface area contributed by atoms with E-state index in [4.69, 9.17) is 0 Å². The second-order valence-corrected chi connectivity index (χ2v) is 5.06. The zero-order valence-corrected chi connectivity index (χ0v) is 11.9. The number of hydrogen-bond acceptors (Lipinski definition) is 2. The largest absolute Gasteiger partial charge is 0.417 e. The van der Waals surface area contributed by atoms with Gasteiger partial charge in [0.25, 0.3) is 0 Å². The number of pyridine rings is 1. The summed E-state index contributed by atoms with van der Waals surface area (Å²) in [7, 11) is 0. The molecular formula is C16H10F4N2O. The van der Waals surface area contributed by atoms with Gasteiger partial charge < -0.3 is 0 Å². The van der Waals surface area contributed by atoms with Gasteiger partial charge in [-0.1, -0.05) is 0 Å². The van der Waals surface area contributed by atoms with Crippen LogP contribution >= 0.6 is 0 Å². The Kier molecular flexibility index (Phi) is 3.43. The second-order valence-electron chi connectivity index (χ2n) is 5.06. The molecule has 0 aliphatic rings. The van der Waals surface area contributed by atoms with Gasteiger partial charge in [-0.15, -0.1) is 0 Å². The van der Waals surface area contributed by atoms with Crippen molar-refractivity contribution in [3.8, 4) is 11.3 Å². The zero-order valence-electron chi connectivity index (χ0n) is 11.9. The Labute approximate surface area is 128 Å². The molecule has 0 atom stereocenters. The summed E-state index contributed by atoms with van der Waals surface area (Å²) < 4.78 is 52.8. The molecule has 3 nitrogen and oxygen atoms in total. The Morgan fingerprint density at radius 2 is 1.78 bits per heavy atom. The summed E-state index contributed by atoms with van der Waals surface area (Å²) >= 11 is 0. The Morgan fingerprint density at radius 3 is 2.35 bits per heavy atom. The number of alkyl halides is 3. The number of fused-ring (bicyclic) bond motifs is 1. The molecule has 0 spiro atoms. The van der Waals surface area contributed by atoms with Gasteiger partial charge in [-0.05, 0) is 43.3 Å². The Morgan fingerprint density at radius 1 is 1.13 bits per heavy atom. The highest BCUT2D eigenvalue weighted by Crippen LogP contribution is 2.32. The van der Waals surface area contributed by atoms with Crippen molar-refractivity contribution in [2.24, 2.45) is 0 Å². The molecule has 0 saturated heterocycles. The normalized spacial score (nSPS) is 11.9. The fourth-order valence-electron chi connectivity index (χ4n) is 2.29. The molecule has 118 valence electrons. The molecule has 0 saturated carbocycles. The first-order valence-corrected chi connectivity index (χ1v) is 6.63. The molecule has 1 aromatic carbocycles. The van der Waals surface area contributed by atoms with Gasteiger partial charge in [-0.3, -0.25) is 4.79 Å². The van der Waals surface area contributed by atoms with Crippen molar-refractivity contribution in [1.82, 2.24) is 9.61 Å². The van der Waals surface area contributed by atoms with Gasteiger partial charge in [0, 0.05) is 17.3 Å². The molecule has 0 amide bonds. The van der Waals surface area contributed by atoms with E-state index in [9.17, 15) is 22.4 Å². The van der Waals surface area contributed by atoms with Crippen molar-refractivity contribution in [1.29, 1.82) is 0 Å². The highest BCUT2D eigenvalue weighted by Gasteiger charge is 2.32. The van der Waals surface area contributed by atoms with Gasteiger partial charge in [-0.2, -0.15) is 18.3 Å². The van der Waals surface area contributed by atoms with Crippen LogP contribution in [-0.2, 0) is 6.18 Å². The fourth-order valence-corrected chi connectivity index (χ4v) is 2.29. The van der Waals surface area contributed by atoms with E-state index in [0.29, 0.717) is 11.3 Å². The fraction of sp³-hybridized carbons (Fsp3) is 0.125. The van der Waals surface area contributed by atoms with Gasteiger partial charge in [0.1, 0.15) is 5.82 Å². The second kappa shape index (κ2) is 5.19. The zero-order chi connectivity index (χ0) is 16.8. The number of hydrogen-bond donors (Lipinski definition) is 0. The highest BCUT2D eigenvalue weighted by molar-refractivity contribution is 6.01. The summed E-state index contributed by atoms with van der Waals surface area (Å²) in [5.74, 6) is -0.923. The summed E-state index contributed by atoms with van der Waals surface area (Å²) in [6.45, 7) is 1.19. The molecule has 0 fully saturated rings. The van der Waals surface area contributed by atoms with Crippen molar-refractivity contribution in [2.45, 2.75) is 13.1 Å². The molecule has 0 aliphatic carbocycles. The summed E-state index contributed by atoms with van der Waals surface area (Å²) in [6.07, 6.45) is -3.75. The van der Waals surface area contributed by atoms with Crippen LogP contribution in [-0.4, -0.2) is 15.4 Å². The van der Waals surface area contributed by atoms with Crippen LogP contribution in [0.15, 0.2) is 42.6 Å². The van der Waals surface area contributed by atoms with Crippen LogP contribution in [0.1, 0.15) is 22.8 Å². The first kappa shape index (κ1) is 15.2. The summed E-state index contributed by atoms with van der Waals surface area (Å²) in [6, 6.07) is 7.71. The van der Waals surface area contributed by atoms with E-state index < -0.39 is 23.3 Å². The molecule has 2 aromatic heterocycles. The molecule has 0 N–H and O–H groups in total. The van der Waals surface area contributed by atoms with E-state index in [0.717, 1.165) is 16.8 Å². The van der Waals surface area contributed by atoms with Crippen LogP contribution in [0.25, 0.3) is 16.8 Å². The van der Waals surface area contributed by atoms with Crippen molar-refractivity contribution in [3.05, 3.63) is 59.5 Å². The third-order valence-electron chi connectivity index (χ3n) is 3.42. The van der Waals surface area contributed by atoms with E-state index in [1.54, 1.807) is 0 Å². The maximum atomic E-state index is 13.0. The number of carbonyl (C=O) groups is 1. The predicted molar refractivity (Wildman–Crippen MR) is 75.6 cm³/mol. The lowest BCUT2D eigenvalue weighted by molar-refractivity contribution is -0.137. The van der Waals surface area contributed by atoms with E-state index in [1.807, 2.05) is 0 Å². The highest BCUT2D eigenvalue weighted by atomic mass is 19.4. The number of nitrogens with zero attached hydrogens (tertiary/aromatic N) is 2. The van der Waals surface area contributed by atoms with Gasteiger partial charge in [0.2, 0.25) is 0 Å². The summed E-state index contributed by atoms with van der Waals surface area (Å²) in [4.78, 5) is 11.7. The van der Waals surface area contributed by atoms with Gasteiger partial charge >= 0.3 is 6.18 Å². The smallest absolute Gasteiger partial charge is 0.294 e. The third kappa shape index (κ3) is 2.81.